The van der Waals surface area contributed by atoms with Gasteiger partial charge in [0.05, 0.1) is 18.7 Å². The molecule has 2 fully saturated rings. The maximum atomic E-state index is 13.5. The second kappa shape index (κ2) is 10.2. The third kappa shape index (κ3) is 5.66. The minimum absolute atomic E-state index is 0.127. The lowest BCUT2D eigenvalue weighted by atomic mass is 10.1. The molecule has 0 bridgehead atoms. The number of pyridine rings is 1. The maximum absolute atomic E-state index is 13.5. The molecule has 10 heteroatoms. The van der Waals surface area contributed by atoms with Crippen molar-refractivity contribution in [3.8, 4) is 5.75 Å². The van der Waals surface area contributed by atoms with E-state index >= 15 is 0 Å². The van der Waals surface area contributed by atoms with Gasteiger partial charge in [-0.1, -0.05) is 17.7 Å². The summed E-state index contributed by atoms with van der Waals surface area (Å²) >= 11 is 6.10. The lowest BCUT2D eigenvalue weighted by Crippen LogP contribution is -2.53. The number of hydrogen-bond donors (Lipinski definition) is 1. The summed E-state index contributed by atoms with van der Waals surface area (Å²) in [6.45, 7) is 11.1. The van der Waals surface area contributed by atoms with Crippen molar-refractivity contribution < 1.29 is 28.6 Å². The lowest BCUT2D eigenvalue weighted by Gasteiger charge is -2.28. The van der Waals surface area contributed by atoms with Crippen molar-refractivity contribution in [2.45, 2.75) is 63.8 Å². The fraction of sp³-hybridized carbons (Fsp3) is 0.481. The number of benzene rings is 1. The number of hydrogen-bond acceptors (Lipinski definition) is 7. The quantitative estimate of drug-likeness (QED) is 0.421. The molecule has 2 amide bonds. The van der Waals surface area contributed by atoms with Gasteiger partial charge in [-0.25, -0.2) is 9.59 Å². The number of nitrogens with one attached hydrogen (secondary N) is 1. The number of ether oxygens (including phenoxy) is 3. The van der Waals surface area contributed by atoms with Crippen molar-refractivity contribution in [1.82, 2.24) is 15.2 Å². The summed E-state index contributed by atoms with van der Waals surface area (Å²) in [4.78, 5) is 45.0. The Morgan fingerprint density at radius 2 is 2.05 bits per heavy atom. The molecule has 198 valence electrons. The van der Waals surface area contributed by atoms with E-state index < -0.39 is 41.3 Å². The van der Waals surface area contributed by atoms with Crippen molar-refractivity contribution >= 4 is 40.5 Å². The van der Waals surface area contributed by atoms with Gasteiger partial charge in [0.15, 0.2) is 0 Å². The van der Waals surface area contributed by atoms with E-state index in [0.717, 1.165) is 5.39 Å². The summed E-state index contributed by atoms with van der Waals surface area (Å²) in [6, 6.07) is 6.13. The molecule has 4 rings (SSSR count). The van der Waals surface area contributed by atoms with Gasteiger partial charge in [-0.3, -0.25) is 14.7 Å². The topological polar surface area (TPSA) is 107 Å². The third-order valence-electron chi connectivity index (χ3n) is 6.44. The van der Waals surface area contributed by atoms with Gasteiger partial charge >= 0.3 is 12.1 Å². The van der Waals surface area contributed by atoms with Gasteiger partial charge in [0.25, 0.3) is 0 Å². The Balaban J connectivity index is 1.57. The number of carbonyl (C=O) groups is 3. The van der Waals surface area contributed by atoms with Gasteiger partial charge in [0.2, 0.25) is 5.91 Å². The zero-order valence-electron chi connectivity index (χ0n) is 21.5. The molecule has 1 saturated carbocycles. The highest BCUT2D eigenvalue weighted by atomic mass is 35.5. The average molecular weight is 530 g/mol. The van der Waals surface area contributed by atoms with Crippen LogP contribution in [0, 0.1) is 5.92 Å². The van der Waals surface area contributed by atoms with Crippen LogP contribution >= 0.6 is 11.6 Å². The van der Waals surface area contributed by atoms with Crippen LogP contribution in [0.2, 0.25) is 5.02 Å². The van der Waals surface area contributed by atoms with Gasteiger partial charge in [0, 0.05) is 28.9 Å². The molecule has 1 aliphatic carbocycles. The number of likely N-dealkylation sites (tertiary alicyclic amines) is 1. The summed E-state index contributed by atoms with van der Waals surface area (Å²) in [5.74, 6) is -0.659. The molecule has 1 aromatic carbocycles. The highest BCUT2D eigenvalue weighted by Crippen LogP contribution is 2.45. The molecule has 0 radical (unpaired) electrons. The molecule has 2 aliphatic rings. The summed E-state index contributed by atoms with van der Waals surface area (Å²) in [7, 11) is 0. The molecular formula is C27H32ClN3O6. The second-order valence-corrected chi connectivity index (χ2v) is 10.8. The number of rotatable bonds is 7. The molecule has 1 aliphatic heterocycles. The zero-order valence-corrected chi connectivity index (χ0v) is 22.2. The van der Waals surface area contributed by atoms with E-state index in [1.165, 1.54) is 4.90 Å². The molecule has 1 saturated heterocycles. The number of esters is 1. The largest absolute Gasteiger partial charge is 0.488 e. The normalized spacial score (nSPS) is 24.9. The first kappa shape index (κ1) is 26.7. The molecule has 2 heterocycles. The monoisotopic (exact) mass is 529 g/mol. The summed E-state index contributed by atoms with van der Waals surface area (Å²) in [6.07, 6.45) is 2.71. The van der Waals surface area contributed by atoms with Gasteiger partial charge in [-0.15, -0.1) is 6.58 Å². The standard InChI is InChI=1S/C27H32ClN3O6/c1-6-16-14-27(16,24(33)35-7-2)30-23(32)21-13-18(15-31(21)25(34)37-26(3,4)5)36-22-10-11-29-20-12-17(28)8-9-19(20)22/h6,8-12,16,18,21H,1,7,13-15H2,2-5H3,(H,30,32). The summed E-state index contributed by atoms with van der Waals surface area (Å²) in [5.41, 5.74) is -1.26. The highest BCUT2D eigenvalue weighted by Gasteiger charge is 2.62. The van der Waals surface area contributed by atoms with Crippen LogP contribution in [0.25, 0.3) is 10.9 Å². The predicted molar refractivity (Wildman–Crippen MR) is 138 cm³/mol. The molecular weight excluding hydrogens is 498 g/mol. The molecule has 9 nitrogen and oxygen atoms in total. The third-order valence-corrected chi connectivity index (χ3v) is 6.67. The van der Waals surface area contributed by atoms with Crippen molar-refractivity contribution in [2.75, 3.05) is 13.2 Å². The van der Waals surface area contributed by atoms with Crippen molar-refractivity contribution in [2.24, 2.45) is 5.92 Å². The fourth-order valence-electron chi connectivity index (χ4n) is 4.60. The molecule has 1 aromatic heterocycles. The number of nitrogens with zero attached hydrogens (tertiary/aromatic N) is 2. The lowest BCUT2D eigenvalue weighted by molar-refractivity contribution is -0.149. The van der Waals surface area contributed by atoms with Crippen LogP contribution in [0.1, 0.15) is 40.5 Å². The zero-order chi connectivity index (χ0) is 27.0. The van der Waals surface area contributed by atoms with E-state index in [1.807, 2.05) is 6.07 Å². The van der Waals surface area contributed by atoms with Gasteiger partial charge in [0.1, 0.15) is 29.0 Å². The molecule has 37 heavy (non-hydrogen) atoms. The minimum Gasteiger partial charge on any atom is -0.488 e. The van der Waals surface area contributed by atoms with E-state index in [-0.39, 0.29) is 25.5 Å². The second-order valence-electron chi connectivity index (χ2n) is 10.3. The number of aromatic nitrogens is 1. The number of amides is 2. The average Bonchev–Trinajstić information content (AvgIpc) is 3.37. The number of carbonyl (C=O) groups excluding carboxylic acids is 3. The van der Waals surface area contributed by atoms with Crippen LogP contribution in [0.5, 0.6) is 5.75 Å². The maximum Gasteiger partial charge on any atom is 0.411 e. The van der Waals surface area contributed by atoms with Gasteiger partial charge < -0.3 is 19.5 Å². The van der Waals surface area contributed by atoms with Crippen LogP contribution in [-0.4, -0.2) is 64.3 Å². The summed E-state index contributed by atoms with van der Waals surface area (Å²) < 4.78 is 17.1. The van der Waals surface area contributed by atoms with Crippen LogP contribution in [0.15, 0.2) is 43.1 Å². The summed E-state index contributed by atoms with van der Waals surface area (Å²) in [5, 5.41) is 4.16. The van der Waals surface area contributed by atoms with E-state index in [4.69, 9.17) is 25.8 Å². The first-order valence-corrected chi connectivity index (χ1v) is 12.7. The smallest absolute Gasteiger partial charge is 0.411 e. The Morgan fingerprint density at radius 1 is 1.30 bits per heavy atom. The Hall–Kier alpha value is -3.33. The van der Waals surface area contributed by atoms with Crippen molar-refractivity contribution in [1.29, 1.82) is 0 Å². The highest BCUT2D eigenvalue weighted by molar-refractivity contribution is 6.31. The van der Waals surface area contributed by atoms with E-state index in [0.29, 0.717) is 22.7 Å². The molecule has 4 atom stereocenters. The first-order valence-electron chi connectivity index (χ1n) is 12.3. The Kier molecular flexibility index (Phi) is 7.37. The van der Waals surface area contributed by atoms with E-state index in [9.17, 15) is 14.4 Å². The Labute approximate surface area is 221 Å². The SMILES string of the molecule is C=CC1CC1(NC(=O)C1CC(Oc2ccnc3cc(Cl)ccc23)CN1C(=O)OC(C)(C)C)C(=O)OCC. The molecule has 0 spiro atoms. The number of halogens is 1. The van der Waals surface area contributed by atoms with Crippen molar-refractivity contribution in [3.63, 3.8) is 0 Å². The van der Waals surface area contributed by atoms with Gasteiger partial charge in [-0.05, 0) is 58.4 Å². The molecule has 4 unspecified atom stereocenters. The van der Waals surface area contributed by atoms with Crippen LogP contribution in [0.4, 0.5) is 4.79 Å². The van der Waals surface area contributed by atoms with E-state index in [2.05, 4.69) is 16.9 Å². The Bertz CT molecular complexity index is 1230. The first-order chi connectivity index (χ1) is 17.5. The van der Waals surface area contributed by atoms with Crippen LogP contribution in [0.3, 0.4) is 0 Å². The van der Waals surface area contributed by atoms with Gasteiger partial charge in [-0.2, -0.15) is 0 Å². The predicted octanol–water partition coefficient (Wildman–Crippen LogP) is 4.27. The van der Waals surface area contributed by atoms with Crippen molar-refractivity contribution in [3.05, 3.63) is 48.1 Å². The molecule has 2 aromatic rings. The van der Waals surface area contributed by atoms with Crippen LogP contribution in [-0.2, 0) is 19.1 Å². The fourth-order valence-corrected chi connectivity index (χ4v) is 4.76. The molecule has 1 N–H and O–H groups in total. The van der Waals surface area contributed by atoms with Crippen LogP contribution < -0.4 is 10.1 Å². The Morgan fingerprint density at radius 3 is 2.70 bits per heavy atom. The number of fused-ring (bicyclic) bond motifs is 1. The minimum atomic E-state index is -1.17. The van der Waals surface area contributed by atoms with E-state index in [1.54, 1.807) is 58.2 Å².